The van der Waals surface area contributed by atoms with Gasteiger partial charge in [-0.2, -0.15) is 13.2 Å². The van der Waals surface area contributed by atoms with Gasteiger partial charge < -0.3 is 16.0 Å². The van der Waals surface area contributed by atoms with E-state index in [2.05, 4.69) is 16.0 Å². The first-order valence-electron chi connectivity index (χ1n) is 10.2. The van der Waals surface area contributed by atoms with E-state index >= 15 is 0 Å². The van der Waals surface area contributed by atoms with Crippen molar-refractivity contribution in [2.75, 3.05) is 19.6 Å². The molecule has 11 heteroatoms. The van der Waals surface area contributed by atoms with Crippen LogP contribution in [0.1, 0.15) is 39.9 Å². The summed E-state index contributed by atoms with van der Waals surface area (Å²) in [6.45, 7) is 5.14. The Labute approximate surface area is 216 Å². The highest BCUT2D eigenvalue weighted by Crippen LogP contribution is 2.41. The number of allylic oxidation sites excluding steroid dienone is 1. The Balaban J connectivity index is 2.12. The van der Waals surface area contributed by atoms with Gasteiger partial charge in [-0.15, -0.1) is 0 Å². The molecule has 1 amide bonds. The molecule has 1 unspecified atom stereocenters. The van der Waals surface area contributed by atoms with E-state index in [9.17, 15) is 18.0 Å². The van der Waals surface area contributed by atoms with Gasteiger partial charge in [0.2, 0.25) is 0 Å². The Hall–Kier alpha value is -2.00. The molecule has 0 aliphatic carbocycles. The van der Waals surface area contributed by atoms with Gasteiger partial charge in [-0.1, -0.05) is 59.1 Å². The Morgan fingerprint density at radius 1 is 1.06 bits per heavy atom. The lowest BCUT2D eigenvalue weighted by atomic mass is 9.96. The molecule has 3 N–H and O–H groups in total. The van der Waals surface area contributed by atoms with Gasteiger partial charge in [-0.05, 0) is 61.0 Å². The summed E-state index contributed by atoms with van der Waals surface area (Å²) >= 11 is 22.7. The Morgan fingerprint density at radius 3 is 2.24 bits per heavy atom. The highest BCUT2D eigenvalue weighted by atomic mass is 35.5. The van der Waals surface area contributed by atoms with E-state index in [1.807, 2.05) is 6.92 Å². The second-order valence-electron chi connectivity index (χ2n) is 7.29. The molecule has 2 aromatic rings. The van der Waals surface area contributed by atoms with E-state index in [1.165, 1.54) is 6.08 Å². The standard InChI is InChI=1S/C23H23Cl3F3N3OS/c1-3-30-22(34)32-9-8-31-21(33)16-6-4-14(10-13(16)2)5-7-17(23(27,28)29)15-11-18(24)20(26)19(25)12-15/h4-7,10-12,17H,3,8-9H2,1-2H3,(H,31,33)(H2,30,32,34). The largest absolute Gasteiger partial charge is 0.399 e. The molecule has 0 saturated heterocycles. The van der Waals surface area contributed by atoms with Gasteiger partial charge in [0.25, 0.3) is 5.91 Å². The van der Waals surface area contributed by atoms with Crippen molar-refractivity contribution in [1.29, 1.82) is 0 Å². The van der Waals surface area contributed by atoms with Crippen LogP contribution in [-0.4, -0.2) is 36.8 Å². The molecule has 34 heavy (non-hydrogen) atoms. The number of alkyl halides is 3. The van der Waals surface area contributed by atoms with Crippen molar-refractivity contribution < 1.29 is 18.0 Å². The number of nitrogens with one attached hydrogen (secondary N) is 3. The summed E-state index contributed by atoms with van der Waals surface area (Å²) in [4.78, 5) is 12.4. The lowest BCUT2D eigenvalue weighted by molar-refractivity contribution is -0.139. The van der Waals surface area contributed by atoms with Gasteiger partial charge >= 0.3 is 6.18 Å². The predicted molar refractivity (Wildman–Crippen MR) is 137 cm³/mol. The van der Waals surface area contributed by atoms with Crippen LogP contribution >= 0.6 is 47.0 Å². The van der Waals surface area contributed by atoms with Crippen molar-refractivity contribution in [2.45, 2.75) is 25.9 Å². The van der Waals surface area contributed by atoms with Crippen molar-refractivity contribution in [1.82, 2.24) is 16.0 Å². The summed E-state index contributed by atoms with van der Waals surface area (Å²) in [5, 5.41) is 9.05. The number of carbonyl (C=O) groups excluding carboxylic acids is 1. The number of rotatable bonds is 8. The molecular weight excluding hydrogens is 530 g/mol. The number of hydrogen-bond donors (Lipinski definition) is 3. The van der Waals surface area contributed by atoms with E-state index in [0.29, 0.717) is 41.4 Å². The minimum atomic E-state index is -4.57. The quantitative estimate of drug-likeness (QED) is 0.198. The van der Waals surface area contributed by atoms with Gasteiger partial charge in [0.1, 0.15) is 0 Å². The molecule has 0 spiro atoms. The Kier molecular flexibility index (Phi) is 10.5. The Morgan fingerprint density at radius 2 is 1.68 bits per heavy atom. The predicted octanol–water partition coefficient (Wildman–Crippen LogP) is 6.53. The molecule has 0 heterocycles. The topological polar surface area (TPSA) is 53.2 Å². The number of benzene rings is 2. The summed E-state index contributed by atoms with van der Waals surface area (Å²) < 4.78 is 41.2. The number of halogens is 6. The molecule has 184 valence electrons. The average molecular weight is 553 g/mol. The fourth-order valence-corrected chi connectivity index (χ4v) is 3.95. The lowest BCUT2D eigenvalue weighted by Gasteiger charge is -2.18. The Bertz CT molecular complexity index is 1050. The van der Waals surface area contributed by atoms with Crippen molar-refractivity contribution in [3.05, 3.63) is 73.7 Å². The molecule has 2 aromatic carbocycles. The molecule has 0 aliphatic rings. The summed E-state index contributed by atoms with van der Waals surface area (Å²) in [6, 6.07) is 7.08. The third kappa shape index (κ3) is 8.05. The first-order valence-corrected chi connectivity index (χ1v) is 11.8. The first-order chi connectivity index (χ1) is 15.9. The molecule has 0 bridgehead atoms. The molecule has 2 rings (SSSR count). The number of thiocarbonyl (C=S) groups is 1. The summed E-state index contributed by atoms with van der Waals surface area (Å²) in [5.41, 5.74) is 1.43. The molecule has 1 atom stereocenters. The van der Waals surface area contributed by atoms with Crippen LogP contribution in [0.5, 0.6) is 0 Å². The second-order valence-corrected chi connectivity index (χ2v) is 8.89. The monoisotopic (exact) mass is 551 g/mol. The molecule has 0 fully saturated rings. The zero-order chi connectivity index (χ0) is 25.5. The summed E-state index contributed by atoms with van der Waals surface area (Å²) in [5.74, 6) is -2.23. The van der Waals surface area contributed by atoms with E-state index in [4.69, 9.17) is 47.0 Å². The normalized spacial score (nSPS) is 12.5. The minimum absolute atomic E-state index is 0.00223. The van der Waals surface area contributed by atoms with Gasteiger partial charge in [0.15, 0.2) is 5.11 Å². The summed E-state index contributed by atoms with van der Waals surface area (Å²) in [6.07, 6.45) is -2.22. The minimum Gasteiger partial charge on any atom is -0.363 e. The van der Waals surface area contributed by atoms with Crippen LogP contribution in [0.15, 0.2) is 36.4 Å². The van der Waals surface area contributed by atoms with Crippen LogP contribution in [0.2, 0.25) is 15.1 Å². The van der Waals surface area contributed by atoms with E-state index in [1.54, 1.807) is 25.1 Å². The van der Waals surface area contributed by atoms with Gasteiger partial charge in [-0.25, -0.2) is 0 Å². The smallest absolute Gasteiger partial charge is 0.363 e. The maximum Gasteiger partial charge on any atom is 0.399 e. The fraction of sp³-hybridized carbons (Fsp3) is 0.304. The van der Waals surface area contributed by atoms with E-state index in [-0.39, 0.29) is 26.5 Å². The summed E-state index contributed by atoms with van der Waals surface area (Å²) in [7, 11) is 0. The van der Waals surface area contributed by atoms with E-state index in [0.717, 1.165) is 18.2 Å². The number of carbonyl (C=O) groups is 1. The average Bonchev–Trinajstić information content (AvgIpc) is 2.74. The van der Waals surface area contributed by atoms with Crippen LogP contribution in [0.25, 0.3) is 6.08 Å². The lowest BCUT2D eigenvalue weighted by Crippen LogP contribution is -2.40. The molecule has 0 radical (unpaired) electrons. The van der Waals surface area contributed by atoms with Crippen molar-refractivity contribution in [3.8, 4) is 0 Å². The maximum absolute atomic E-state index is 13.7. The third-order valence-electron chi connectivity index (χ3n) is 4.73. The molecule has 0 aliphatic heterocycles. The van der Waals surface area contributed by atoms with Gasteiger partial charge in [0, 0.05) is 25.2 Å². The molecule has 0 aromatic heterocycles. The van der Waals surface area contributed by atoms with Crippen LogP contribution in [0, 0.1) is 6.92 Å². The zero-order valence-electron chi connectivity index (χ0n) is 18.3. The van der Waals surface area contributed by atoms with E-state index < -0.39 is 12.1 Å². The number of hydrogen-bond acceptors (Lipinski definition) is 2. The van der Waals surface area contributed by atoms with Crippen molar-refractivity contribution >= 4 is 64.1 Å². The fourth-order valence-electron chi connectivity index (χ4n) is 3.09. The number of aryl methyl sites for hydroxylation is 1. The maximum atomic E-state index is 13.7. The highest BCUT2D eigenvalue weighted by Gasteiger charge is 2.39. The third-order valence-corrected chi connectivity index (χ3v) is 6.21. The number of amides is 1. The van der Waals surface area contributed by atoms with Gasteiger partial charge in [0.05, 0.1) is 21.0 Å². The van der Waals surface area contributed by atoms with Crippen LogP contribution in [0.4, 0.5) is 13.2 Å². The first kappa shape index (κ1) is 28.2. The SMILES string of the molecule is CCNC(=S)NCCNC(=O)c1ccc(C=CC(c2cc(Cl)c(Cl)c(Cl)c2)C(F)(F)F)cc1C. The van der Waals surface area contributed by atoms with Crippen molar-refractivity contribution in [3.63, 3.8) is 0 Å². The molecular formula is C23H23Cl3F3N3OS. The van der Waals surface area contributed by atoms with Gasteiger partial charge in [-0.3, -0.25) is 4.79 Å². The second kappa shape index (κ2) is 12.6. The molecule has 0 saturated carbocycles. The van der Waals surface area contributed by atoms with Crippen molar-refractivity contribution in [2.24, 2.45) is 0 Å². The zero-order valence-corrected chi connectivity index (χ0v) is 21.4. The highest BCUT2D eigenvalue weighted by molar-refractivity contribution is 7.80. The molecule has 4 nitrogen and oxygen atoms in total. The van der Waals surface area contributed by atoms with Crippen LogP contribution in [-0.2, 0) is 0 Å². The van der Waals surface area contributed by atoms with Crippen LogP contribution in [0.3, 0.4) is 0 Å². The van der Waals surface area contributed by atoms with Crippen LogP contribution < -0.4 is 16.0 Å².